The molecule has 1 heterocycles. The maximum Gasteiger partial charge on any atom is 0.251 e. The van der Waals surface area contributed by atoms with Crippen LogP contribution in [0.25, 0.3) is 20.8 Å². The number of hydrogen-bond acceptors (Lipinski definition) is 3. The first-order valence-electron chi connectivity index (χ1n) is 8.18. The van der Waals surface area contributed by atoms with E-state index in [0.717, 1.165) is 26.4 Å². The molecule has 1 N–H and O–H groups in total. The number of benzene rings is 3. The van der Waals surface area contributed by atoms with Crippen molar-refractivity contribution in [2.45, 2.75) is 6.54 Å². The summed E-state index contributed by atoms with van der Waals surface area (Å²) in [5.41, 5.74) is 3.49. The summed E-state index contributed by atoms with van der Waals surface area (Å²) in [6.07, 6.45) is 0. The number of aromatic nitrogens is 1. The molecule has 1 amide bonds. The number of hydrogen-bond donors (Lipinski definition) is 1. The third-order valence-corrected chi connectivity index (χ3v) is 5.14. The first-order valence-corrected chi connectivity index (χ1v) is 8.99. The molecule has 0 fully saturated rings. The number of halogens is 1. The molecule has 0 saturated carbocycles. The first kappa shape index (κ1) is 16.4. The van der Waals surface area contributed by atoms with E-state index in [2.05, 4.69) is 16.4 Å². The normalized spacial score (nSPS) is 10.8. The number of para-hydroxylation sites is 1. The number of nitrogens with one attached hydrogen (secondary N) is 1. The second kappa shape index (κ2) is 7.06. The highest BCUT2D eigenvalue weighted by Gasteiger charge is 2.07. The molecule has 0 aliphatic carbocycles. The van der Waals surface area contributed by atoms with Crippen molar-refractivity contribution in [1.82, 2.24) is 10.3 Å². The van der Waals surface area contributed by atoms with Crippen molar-refractivity contribution in [3.8, 4) is 10.6 Å². The van der Waals surface area contributed by atoms with Crippen molar-refractivity contribution < 1.29 is 9.18 Å². The molecule has 4 rings (SSSR count). The molecule has 5 heteroatoms. The highest BCUT2D eigenvalue weighted by molar-refractivity contribution is 7.21. The van der Waals surface area contributed by atoms with Crippen molar-refractivity contribution in [3.05, 3.63) is 89.7 Å². The number of carbonyl (C=O) groups excluding carboxylic acids is 1. The summed E-state index contributed by atoms with van der Waals surface area (Å²) in [6.45, 7) is 0.413. The molecule has 0 saturated heterocycles. The van der Waals surface area contributed by atoms with Gasteiger partial charge in [-0.15, -0.1) is 11.3 Å². The number of amides is 1. The van der Waals surface area contributed by atoms with Gasteiger partial charge in [-0.05, 0) is 42.0 Å². The number of fused-ring (bicyclic) bond motifs is 1. The van der Waals surface area contributed by atoms with Crippen LogP contribution in [0.1, 0.15) is 15.9 Å². The van der Waals surface area contributed by atoms with Gasteiger partial charge >= 0.3 is 0 Å². The van der Waals surface area contributed by atoms with E-state index in [-0.39, 0.29) is 11.7 Å². The van der Waals surface area contributed by atoms with Crippen molar-refractivity contribution >= 4 is 27.5 Å². The highest BCUT2D eigenvalue weighted by Crippen LogP contribution is 2.29. The Bertz CT molecular complexity index is 1020. The Hall–Kier alpha value is -3.05. The van der Waals surface area contributed by atoms with Crippen LogP contribution in [0.4, 0.5) is 4.39 Å². The van der Waals surface area contributed by atoms with Crippen molar-refractivity contribution in [2.24, 2.45) is 0 Å². The fraction of sp³-hybridized carbons (Fsp3) is 0.0476. The van der Waals surface area contributed by atoms with Crippen LogP contribution in [0.15, 0.2) is 72.8 Å². The van der Waals surface area contributed by atoms with Gasteiger partial charge in [0.1, 0.15) is 10.8 Å². The summed E-state index contributed by atoms with van der Waals surface area (Å²) in [5, 5.41) is 3.82. The second-order valence-electron chi connectivity index (χ2n) is 5.87. The second-order valence-corrected chi connectivity index (χ2v) is 6.90. The molecule has 1 aromatic heterocycles. The third-order valence-electron chi connectivity index (χ3n) is 4.05. The van der Waals surface area contributed by atoms with Gasteiger partial charge in [-0.2, -0.15) is 0 Å². The van der Waals surface area contributed by atoms with E-state index in [0.29, 0.717) is 12.1 Å². The minimum atomic E-state index is -0.355. The molecule has 0 spiro atoms. The molecule has 0 radical (unpaired) electrons. The summed E-state index contributed by atoms with van der Waals surface area (Å²) in [5.74, 6) is -0.577. The number of nitrogens with zero attached hydrogens (tertiary/aromatic N) is 1. The molecule has 0 aliphatic rings. The molecule has 0 unspecified atom stereocenters. The Morgan fingerprint density at radius 1 is 0.962 bits per heavy atom. The average molecular weight is 362 g/mol. The molecule has 4 aromatic rings. The Balaban J connectivity index is 1.44. The van der Waals surface area contributed by atoms with Crippen LogP contribution in [0.2, 0.25) is 0 Å². The number of carbonyl (C=O) groups is 1. The highest BCUT2D eigenvalue weighted by atomic mass is 32.1. The van der Waals surface area contributed by atoms with Gasteiger partial charge in [0.15, 0.2) is 0 Å². The first-order chi connectivity index (χ1) is 12.7. The third kappa shape index (κ3) is 3.48. The van der Waals surface area contributed by atoms with Crippen LogP contribution in [0, 0.1) is 5.82 Å². The molecule has 0 atom stereocenters. The Kier molecular flexibility index (Phi) is 4.46. The maximum atomic E-state index is 12.9. The van der Waals surface area contributed by atoms with E-state index >= 15 is 0 Å². The predicted molar refractivity (Wildman–Crippen MR) is 103 cm³/mol. The van der Waals surface area contributed by atoms with E-state index in [1.807, 2.05) is 42.5 Å². The summed E-state index contributed by atoms with van der Waals surface area (Å²) >= 11 is 1.66. The lowest BCUT2D eigenvalue weighted by Crippen LogP contribution is -2.22. The van der Waals surface area contributed by atoms with Crippen LogP contribution in [-0.4, -0.2) is 10.9 Å². The van der Waals surface area contributed by atoms with E-state index in [4.69, 9.17) is 0 Å². The Morgan fingerprint density at radius 2 is 1.69 bits per heavy atom. The lowest BCUT2D eigenvalue weighted by atomic mass is 10.1. The SMILES string of the molecule is O=C(NCc1ccc(-c2nc3ccccc3s2)cc1)c1ccc(F)cc1. The maximum absolute atomic E-state index is 12.9. The van der Waals surface area contributed by atoms with Crippen LogP contribution < -0.4 is 5.32 Å². The van der Waals surface area contributed by atoms with Gasteiger partial charge in [-0.3, -0.25) is 4.79 Å². The van der Waals surface area contributed by atoms with Crippen molar-refractivity contribution in [2.75, 3.05) is 0 Å². The molecular weight excluding hydrogens is 347 g/mol. The number of thiazole rings is 1. The topological polar surface area (TPSA) is 42.0 Å². The molecule has 0 bridgehead atoms. The quantitative estimate of drug-likeness (QED) is 0.553. The van der Waals surface area contributed by atoms with Gasteiger partial charge in [0, 0.05) is 17.7 Å². The van der Waals surface area contributed by atoms with Gasteiger partial charge < -0.3 is 5.32 Å². The van der Waals surface area contributed by atoms with Crippen LogP contribution in [-0.2, 0) is 6.54 Å². The van der Waals surface area contributed by atoms with Crippen LogP contribution >= 0.6 is 11.3 Å². The van der Waals surface area contributed by atoms with Gasteiger partial charge in [-0.25, -0.2) is 9.37 Å². The fourth-order valence-electron chi connectivity index (χ4n) is 2.65. The molecule has 3 nitrogen and oxygen atoms in total. The lowest BCUT2D eigenvalue weighted by Gasteiger charge is -2.06. The van der Waals surface area contributed by atoms with Gasteiger partial charge in [0.25, 0.3) is 5.91 Å². The summed E-state index contributed by atoms with van der Waals surface area (Å²) in [4.78, 5) is 16.7. The van der Waals surface area contributed by atoms with E-state index < -0.39 is 0 Å². The molecular formula is C21H15FN2OS. The zero-order valence-corrected chi connectivity index (χ0v) is 14.6. The molecule has 26 heavy (non-hydrogen) atoms. The zero-order chi connectivity index (χ0) is 17.9. The molecule has 128 valence electrons. The standard InChI is InChI=1S/C21H15FN2OS/c22-17-11-9-15(10-12-17)20(25)23-13-14-5-7-16(8-6-14)21-24-18-3-1-2-4-19(18)26-21/h1-12H,13H2,(H,23,25). The van der Waals surface area contributed by atoms with Gasteiger partial charge in [0.2, 0.25) is 0 Å². The monoisotopic (exact) mass is 362 g/mol. The minimum Gasteiger partial charge on any atom is -0.348 e. The molecule has 3 aromatic carbocycles. The largest absolute Gasteiger partial charge is 0.348 e. The fourth-order valence-corrected chi connectivity index (χ4v) is 3.62. The summed E-state index contributed by atoms with van der Waals surface area (Å²) < 4.78 is 14.1. The van der Waals surface area contributed by atoms with E-state index in [1.165, 1.54) is 24.3 Å². The smallest absolute Gasteiger partial charge is 0.251 e. The van der Waals surface area contributed by atoms with Crippen LogP contribution in [0.3, 0.4) is 0 Å². The van der Waals surface area contributed by atoms with E-state index in [1.54, 1.807) is 11.3 Å². The average Bonchev–Trinajstić information content (AvgIpc) is 3.11. The van der Waals surface area contributed by atoms with Gasteiger partial charge in [-0.1, -0.05) is 36.4 Å². The van der Waals surface area contributed by atoms with Crippen molar-refractivity contribution in [1.29, 1.82) is 0 Å². The Morgan fingerprint density at radius 3 is 2.42 bits per heavy atom. The van der Waals surface area contributed by atoms with Crippen molar-refractivity contribution in [3.63, 3.8) is 0 Å². The number of rotatable bonds is 4. The summed E-state index contributed by atoms with van der Waals surface area (Å²) in [7, 11) is 0. The Labute approximate surface area is 154 Å². The van der Waals surface area contributed by atoms with Gasteiger partial charge in [0.05, 0.1) is 10.2 Å². The molecule has 0 aliphatic heterocycles. The predicted octanol–water partition coefficient (Wildman–Crippen LogP) is 5.03. The van der Waals surface area contributed by atoms with Crippen LogP contribution in [0.5, 0.6) is 0 Å². The summed E-state index contributed by atoms with van der Waals surface area (Å²) in [6, 6.07) is 21.6. The van der Waals surface area contributed by atoms with E-state index in [9.17, 15) is 9.18 Å². The lowest BCUT2D eigenvalue weighted by molar-refractivity contribution is 0.0951. The zero-order valence-electron chi connectivity index (χ0n) is 13.8. The minimum absolute atomic E-state index is 0.222.